The molecular formula is C21H21ClF3N3O5. The number of fused-ring (bicyclic) bond motifs is 1. The van der Waals surface area contributed by atoms with Crippen LogP contribution in [0.25, 0.3) is 0 Å². The Morgan fingerprint density at radius 1 is 1.33 bits per heavy atom. The second-order valence-electron chi connectivity index (χ2n) is 8.03. The van der Waals surface area contributed by atoms with Crippen LogP contribution in [0.2, 0.25) is 5.02 Å². The van der Waals surface area contributed by atoms with Gasteiger partial charge in [0.2, 0.25) is 5.89 Å². The molecule has 0 bridgehead atoms. The maximum atomic E-state index is 12.5. The van der Waals surface area contributed by atoms with Crippen LogP contribution in [0.3, 0.4) is 0 Å². The average Bonchev–Trinajstić information content (AvgIpc) is 3.17. The van der Waals surface area contributed by atoms with Crippen LogP contribution in [0.5, 0.6) is 5.75 Å². The zero-order valence-electron chi connectivity index (χ0n) is 17.3. The Kier molecular flexibility index (Phi) is 6.64. The number of alkyl halides is 3. The largest absolute Gasteiger partial charge is 0.522 e. The summed E-state index contributed by atoms with van der Waals surface area (Å²) in [7, 11) is 0. The lowest BCUT2D eigenvalue weighted by molar-refractivity contribution is -0.352. The van der Waals surface area contributed by atoms with E-state index < -0.39 is 30.6 Å². The number of benzene rings is 1. The zero-order chi connectivity index (χ0) is 23.8. The van der Waals surface area contributed by atoms with Crippen LogP contribution in [0.4, 0.5) is 13.2 Å². The molecule has 2 atom stereocenters. The minimum Gasteiger partial charge on any atom is -0.480 e. The van der Waals surface area contributed by atoms with E-state index in [-0.39, 0.29) is 37.5 Å². The first kappa shape index (κ1) is 23.5. The van der Waals surface area contributed by atoms with Crippen molar-refractivity contribution in [1.29, 1.82) is 0 Å². The summed E-state index contributed by atoms with van der Waals surface area (Å²) in [6.07, 6.45) is -6.33. The summed E-state index contributed by atoms with van der Waals surface area (Å²) in [6.45, 7) is 3.81. The molecule has 1 aliphatic heterocycles. The molecule has 2 aliphatic rings. The molecule has 1 fully saturated rings. The molecule has 1 aromatic heterocycles. The van der Waals surface area contributed by atoms with Gasteiger partial charge in [0.05, 0.1) is 12.2 Å². The number of aromatic nitrogens is 2. The second-order valence-corrected chi connectivity index (χ2v) is 8.47. The molecule has 12 heteroatoms. The van der Waals surface area contributed by atoms with E-state index in [0.717, 1.165) is 0 Å². The monoisotopic (exact) mass is 487 g/mol. The summed E-state index contributed by atoms with van der Waals surface area (Å²) in [5.74, 6) is 0.323. The van der Waals surface area contributed by atoms with Gasteiger partial charge in [-0.2, -0.15) is 4.98 Å². The summed E-state index contributed by atoms with van der Waals surface area (Å²) in [5, 5.41) is 17.2. The first-order valence-corrected chi connectivity index (χ1v) is 10.6. The number of ether oxygens (including phenoxy) is 2. The van der Waals surface area contributed by atoms with E-state index in [1.165, 1.54) is 0 Å². The molecule has 2 N–H and O–H groups in total. The highest BCUT2D eigenvalue weighted by atomic mass is 35.5. The normalized spacial score (nSPS) is 24.4. The van der Waals surface area contributed by atoms with Gasteiger partial charge in [0, 0.05) is 35.0 Å². The number of carbonyl (C=O) groups is 1. The first-order chi connectivity index (χ1) is 15.6. The summed E-state index contributed by atoms with van der Waals surface area (Å²) in [4.78, 5) is 16.7. The number of carbonyl (C=O) groups excluding carboxylic acids is 1. The van der Waals surface area contributed by atoms with Crippen molar-refractivity contribution in [3.05, 3.63) is 52.8 Å². The van der Waals surface area contributed by atoms with Crippen molar-refractivity contribution in [2.24, 2.45) is 0 Å². The molecule has 4 rings (SSSR count). The number of nitrogens with one attached hydrogen (secondary N) is 1. The fourth-order valence-electron chi connectivity index (χ4n) is 3.75. The SMILES string of the molecule is C=C(CCc1nc([C@H]2C[C@@H](OC(F)(F)F)C2)no1)NC(=O)[C@@H]1C[C@H](O)c2cc(Cl)ccc2O1. The molecule has 33 heavy (non-hydrogen) atoms. The van der Waals surface area contributed by atoms with Crippen molar-refractivity contribution in [3.8, 4) is 5.75 Å². The predicted octanol–water partition coefficient (Wildman–Crippen LogP) is 3.95. The highest BCUT2D eigenvalue weighted by molar-refractivity contribution is 6.30. The fourth-order valence-corrected chi connectivity index (χ4v) is 3.93. The lowest BCUT2D eigenvalue weighted by atomic mass is 9.82. The maximum absolute atomic E-state index is 12.5. The molecular weight excluding hydrogens is 467 g/mol. The van der Waals surface area contributed by atoms with Gasteiger partial charge in [0.25, 0.3) is 5.91 Å². The number of hydrogen-bond acceptors (Lipinski definition) is 7. The van der Waals surface area contributed by atoms with E-state index in [2.05, 4.69) is 26.8 Å². The van der Waals surface area contributed by atoms with Crippen LogP contribution in [0.1, 0.15) is 55.0 Å². The Labute approximate surface area is 191 Å². The molecule has 1 amide bonds. The minimum atomic E-state index is -4.65. The van der Waals surface area contributed by atoms with Crippen molar-refractivity contribution < 1.29 is 37.1 Å². The van der Waals surface area contributed by atoms with Gasteiger partial charge < -0.3 is 19.7 Å². The number of nitrogens with zero attached hydrogens (tertiary/aromatic N) is 2. The topological polar surface area (TPSA) is 107 Å². The maximum Gasteiger partial charge on any atom is 0.522 e. The number of aliphatic hydroxyl groups is 1. The third-order valence-electron chi connectivity index (χ3n) is 5.51. The molecule has 178 valence electrons. The molecule has 1 saturated carbocycles. The standard InChI is InChI=1S/C21H21ClF3N3O5/c1-10(26-20(30)17-9-15(29)14-8-12(22)3-4-16(14)31-17)2-5-18-27-19(28-33-18)11-6-13(7-11)32-21(23,24)25/h3-4,8,11,13,15,17,29H,1-2,5-7,9H2,(H,26,30)/t11-,13+,15-,17-/m0/s1. The number of aryl methyl sites for hydroxylation is 1. The number of allylic oxidation sites excluding steroid dienone is 1. The van der Waals surface area contributed by atoms with Crippen molar-refractivity contribution in [3.63, 3.8) is 0 Å². The molecule has 1 aliphatic carbocycles. The highest BCUT2D eigenvalue weighted by Crippen LogP contribution is 2.40. The van der Waals surface area contributed by atoms with Crippen LogP contribution in [0, 0.1) is 0 Å². The van der Waals surface area contributed by atoms with Gasteiger partial charge in [-0.3, -0.25) is 9.53 Å². The Bertz CT molecular complexity index is 1040. The Morgan fingerprint density at radius 3 is 2.82 bits per heavy atom. The molecule has 0 unspecified atom stereocenters. The molecule has 8 nitrogen and oxygen atoms in total. The van der Waals surface area contributed by atoms with E-state index in [1.54, 1.807) is 18.2 Å². The zero-order valence-corrected chi connectivity index (χ0v) is 18.0. The van der Waals surface area contributed by atoms with Crippen LogP contribution >= 0.6 is 11.6 Å². The number of hydrogen-bond donors (Lipinski definition) is 2. The molecule has 0 saturated heterocycles. The fraction of sp³-hybridized carbons (Fsp3) is 0.476. The van der Waals surface area contributed by atoms with Gasteiger partial charge in [-0.05, 0) is 37.5 Å². The van der Waals surface area contributed by atoms with E-state index in [4.69, 9.17) is 20.9 Å². The van der Waals surface area contributed by atoms with Gasteiger partial charge in [-0.1, -0.05) is 23.3 Å². The Balaban J connectivity index is 1.23. The highest BCUT2D eigenvalue weighted by Gasteiger charge is 2.42. The Morgan fingerprint density at radius 2 is 2.09 bits per heavy atom. The van der Waals surface area contributed by atoms with Gasteiger partial charge in [0.15, 0.2) is 11.9 Å². The third-order valence-corrected chi connectivity index (χ3v) is 5.75. The van der Waals surface area contributed by atoms with Crippen LogP contribution < -0.4 is 10.1 Å². The molecule has 1 aromatic carbocycles. The smallest absolute Gasteiger partial charge is 0.480 e. The number of rotatable bonds is 7. The van der Waals surface area contributed by atoms with Gasteiger partial charge >= 0.3 is 6.36 Å². The Hall–Kier alpha value is -2.63. The van der Waals surface area contributed by atoms with Crippen molar-refractivity contribution >= 4 is 17.5 Å². The lowest BCUT2D eigenvalue weighted by Gasteiger charge is -2.33. The van der Waals surface area contributed by atoms with Crippen molar-refractivity contribution in [2.45, 2.75) is 62.7 Å². The van der Waals surface area contributed by atoms with Crippen molar-refractivity contribution in [1.82, 2.24) is 15.5 Å². The van der Waals surface area contributed by atoms with Gasteiger partial charge in [0.1, 0.15) is 5.75 Å². The van der Waals surface area contributed by atoms with E-state index in [0.29, 0.717) is 34.3 Å². The third kappa shape index (κ3) is 5.84. The quantitative estimate of drug-likeness (QED) is 0.609. The number of aliphatic hydroxyl groups excluding tert-OH is 1. The predicted molar refractivity (Wildman–Crippen MR) is 108 cm³/mol. The van der Waals surface area contributed by atoms with Crippen molar-refractivity contribution in [2.75, 3.05) is 0 Å². The lowest BCUT2D eigenvalue weighted by Crippen LogP contribution is -2.41. The van der Waals surface area contributed by atoms with Gasteiger partial charge in [-0.15, -0.1) is 13.2 Å². The minimum absolute atomic E-state index is 0.0694. The summed E-state index contributed by atoms with van der Waals surface area (Å²) >= 11 is 5.93. The number of amides is 1. The van der Waals surface area contributed by atoms with Crippen LogP contribution in [-0.2, 0) is 16.0 Å². The molecule has 2 aromatic rings. The van der Waals surface area contributed by atoms with E-state index in [9.17, 15) is 23.1 Å². The molecule has 2 heterocycles. The molecule has 0 radical (unpaired) electrons. The van der Waals surface area contributed by atoms with Crippen LogP contribution in [0.15, 0.2) is 35.0 Å². The number of halogens is 4. The summed E-state index contributed by atoms with van der Waals surface area (Å²) < 4.78 is 51.4. The average molecular weight is 488 g/mol. The van der Waals surface area contributed by atoms with E-state index >= 15 is 0 Å². The summed E-state index contributed by atoms with van der Waals surface area (Å²) in [6, 6.07) is 4.81. The van der Waals surface area contributed by atoms with Gasteiger partial charge in [-0.25, -0.2) is 0 Å². The first-order valence-electron chi connectivity index (χ1n) is 10.3. The van der Waals surface area contributed by atoms with E-state index in [1.807, 2.05) is 0 Å². The summed E-state index contributed by atoms with van der Waals surface area (Å²) in [5.41, 5.74) is 0.919. The molecule has 0 spiro atoms. The second kappa shape index (κ2) is 9.32. The van der Waals surface area contributed by atoms with Crippen LogP contribution in [-0.4, -0.2) is 39.7 Å².